The van der Waals surface area contributed by atoms with Crippen molar-refractivity contribution < 1.29 is 18.0 Å². The number of likely N-dealkylation sites (N-methyl/N-ethyl adjacent to an activating group) is 1. The normalized spacial score (nSPS) is 11.9. The van der Waals surface area contributed by atoms with E-state index in [4.69, 9.17) is 11.6 Å². The summed E-state index contributed by atoms with van der Waals surface area (Å²) in [5, 5.41) is 3.05. The minimum atomic E-state index is -4.21. The Hall–Kier alpha value is -4.14. The monoisotopic (exact) mass is 617 g/mol. The lowest BCUT2D eigenvalue weighted by Crippen LogP contribution is -2.53. The van der Waals surface area contributed by atoms with Crippen LogP contribution in [0.5, 0.6) is 0 Å². The Bertz CT molecular complexity index is 1640. The Morgan fingerprint density at radius 3 is 1.98 bits per heavy atom. The summed E-state index contributed by atoms with van der Waals surface area (Å²) in [7, 11) is -4.21. The molecule has 0 saturated carbocycles. The Balaban J connectivity index is 1.80. The first-order chi connectivity index (χ1) is 20.6. The molecule has 1 N–H and O–H groups in total. The van der Waals surface area contributed by atoms with E-state index in [1.165, 1.54) is 17.0 Å². The fourth-order valence-corrected chi connectivity index (χ4v) is 6.46. The van der Waals surface area contributed by atoms with Gasteiger partial charge in [0.15, 0.2) is 0 Å². The molecule has 4 aromatic carbocycles. The molecule has 0 saturated heterocycles. The van der Waals surface area contributed by atoms with Crippen LogP contribution in [-0.2, 0) is 32.6 Å². The van der Waals surface area contributed by atoms with Crippen LogP contribution in [0.3, 0.4) is 0 Å². The summed E-state index contributed by atoms with van der Waals surface area (Å²) in [6, 6.07) is 29.2. The number of para-hydroxylation sites is 1. The van der Waals surface area contributed by atoms with Gasteiger partial charge in [0.2, 0.25) is 11.8 Å². The number of hydrogen-bond donors (Lipinski definition) is 1. The molecular formula is C34H36ClN3O4S. The van der Waals surface area contributed by atoms with Crippen LogP contribution < -0.4 is 9.62 Å². The van der Waals surface area contributed by atoms with Gasteiger partial charge in [0.1, 0.15) is 12.6 Å². The minimum absolute atomic E-state index is 0.0282. The topological polar surface area (TPSA) is 86.8 Å². The molecule has 0 heterocycles. The highest BCUT2D eigenvalue weighted by Gasteiger charge is 2.35. The zero-order valence-corrected chi connectivity index (χ0v) is 26.1. The summed E-state index contributed by atoms with van der Waals surface area (Å²) in [5.41, 5.74) is 3.81. The molecule has 0 aliphatic carbocycles. The first-order valence-corrected chi connectivity index (χ1v) is 15.9. The lowest BCUT2D eigenvalue weighted by molar-refractivity contribution is -0.140. The number of benzene rings is 4. The molecule has 1 unspecified atom stereocenters. The number of carbonyl (C=O) groups excluding carboxylic acids is 2. The standard InChI is InChI=1S/C34H36ClN3O4S/c1-4-36-34(40)32(22-27-10-6-5-7-11-27)37(23-28-18-14-25(2)15-19-28)33(39)24-38(31-13-9-8-12-30(31)35)43(41,42)29-20-16-26(3)17-21-29/h5-21,32H,4,22-24H2,1-3H3,(H,36,40). The highest BCUT2D eigenvalue weighted by atomic mass is 35.5. The number of aryl methyl sites for hydroxylation is 2. The van der Waals surface area contributed by atoms with Crippen LogP contribution in [-0.4, -0.2) is 44.3 Å². The van der Waals surface area contributed by atoms with Gasteiger partial charge in [0, 0.05) is 19.5 Å². The minimum Gasteiger partial charge on any atom is -0.355 e. The van der Waals surface area contributed by atoms with Crippen molar-refractivity contribution in [1.82, 2.24) is 10.2 Å². The number of halogens is 1. The molecule has 0 aliphatic rings. The van der Waals surface area contributed by atoms with E-state index in [1.807, 2.05) is 75.4 Å². The van der Waals surface area contributed by atoms with Crippen molar-refractivity contribution in [3.63, 3.8) is 0 Å². The highest BCUT2D eigenvalue weighted by Crippen LogP contribution is 2.31. The third-order valence-corrected chi connectivity index (χ3v) is 9.20. The molecule has 0 aliphatic heterocycles. The van der Waals surface area contributed by atoms with E-state index in [9.17, 15) is 18.0 Å². The van der Waals surface area contributed by atoms with Crippen molar-refractivity contribution in [2.24, 2.45) is 0 Å². The number of hydrogen-bond acceptors (Lipinski definition) is 4. The average Bonchev–Trinajstić information content (AvgIpc) is 3.00. The molecule has 4 rings (SSSR count). The number of rotatable bonds is 12. The average molecular weight is 618 g/mol. The Kier molecular flexibility index (Phi) is 10.6. The second-order valence-electron chi connectivity index (χ2n) is 10.4. The lowest BCUT2D eigenvalue weighted by atomic mass is 10.0. The molecule has 9 heteroatoms. The van der Waals surface area contributed by atoms with Gasteiger partial charge in [-0.15, -0.1) is 0 Å². The van der Waals surface area contributed by atoms with Crippen molar-refractivity contribution in [1.29, 1.82) is 0 Å². The van der Waals surface area contributed by atoms with E-state index in [0.29, 0.717) is 6.54 Å². The summed E-state index contributed by atoms with van der Waals surface area (Å²) in [6.45, 7) is 5.58. The van der Waals surface area contributed by atoms with Crippen molar-refractivity contribution in [3.05, 3.63) is 130 Å². The Morgan fingerprint density at radius 2 is 1.37 bits per heavy atom. The fraction of sp³-hybridized carbons (Fsp3) is 0.235. The van der Waals surface area contributed by atoms with Crippen molar-refractivity contribution in [2.45, 2.75) is 44.7 Å². The SMILES string of the molecule is CCNC(=O)C(Cc1ccccc1)N(Cc1ccc(C)cc1)C(=O)CN(c1ccccc1Cl)S(=O)(=O)c1ccc(C)cc1. The molecule has 0 fully saturated rings. The van der Waals surface area contributed by atoms with E-state index in [2.05, 4.69) is 5.32 Å². The molecule has 0 bridgehead atoms. The smallest absolute Gasteiger partial charge is 0.264 e. The summed E-state index contributed by atoms with van der Waals surface area (Å²) in [4.78, 5) is 29.4. The van der Waals surface area contributed by atoms with Gasteiger partial charge in [0.25, 0.3) is 10.0 Å². The molecule has 4 aromatic rings. The highest BCUT2D eigenvalue weighted by molar-refractivity contribution is 7.92. The van der Waals surface area contributed by atoms with Gasteiger partial charge in [-0.2, -0.15) is 0 Å². The van der Waals surface area contributed by atoms with E-state index in [-0.39, 0.29) is 34.5 Å². The number of carbonyl (C=O) groups is 2. The van der Waals surface area contributed by atoms with E-state index in [0.717, 1.165) is 26.6 Å². The van der Waals surface area contributed by atoms with Crippen LogP contribution in [0.15, 0.2) is 108 Å². The van der Waals surface area contributed by atoms with E-state index < -0.39 is 28.5 Å². The maximum Gasteiger partial charge on any atom is 0.264 e. The van der Waals surface area contributed by atoms with E-state index in [1.54, 1.807) is 36.4 Å². The number of nitrogens with one attached hydrogen (secondary N) is 1. The summed E-state index contributed by atoms with van der Waals surface area (Å²) in [6.07, 6.45) is 0.251. The first-order valence-electron chi connectivity index (χ1n) is 14.1. The van der Waals surface area contributed by atoms with Crippen LogP contribution in [0, 0.1) is 13.8 Å². The predicted molar refractivity (Wildman–Crippen MR) is 172 cm³/mol. The summed E-state index contributed by atoms with van der Waals surface area (Å²) < 4.78 is 29.2. The molecule has 1 atom stereocenters. The van der Waals surface area contributed by atoms with Gasteiger partial charge in [0.05, 0.1) is 15.6 Å². The molecule has 7 nitrogen and oxygen atoms in total. The van der Waals surface area contributed by atoms with Gasteiger partial charge in [-0.3, -0.25) is 13.9 Å². The first kappa shape index (κ1) is 31.8. The zero-order valence-electron chi connectivity index (χ0n) is 24.5. The van der Waals surface area contributed by atoms with Crippen molar-refractivity contribution in [2.75, 3.05) is 17.4 Å². The van der Waals surface area contributed by atoms with Crippen LogP contribution in [0.25, 0.3) is 0 Å². The van der Waals surface area contributed by atoms with Gasteiger partial charge >= 0.3 is 0 Å². The number of amides is 2. The maximum absolute atomic E-state index is 14.4. The van der Waals surface area contributed by atoms with Gasteiger partial charge in [-0.05, 0) is 56.2 Å². The van der Waals surface area contributed by atoms with Crippen LogP contribution in [0.2, 0.25) is 5.02 Å². The second kappa shape index (κ2) is 14.4. The molecule has 0 spiro atoms. The zero-order chi connectivity index (χ0) is 31.0. The molecule has 43 heavy (non-hydrogen) atoms. The number of sulfonamides is 1. The van der Waals surface area contributed by atoms with E-state index >= 15 is 0 Å². The molecule has 0 radical (unpaired) electrons. The largest absolute Gasteiger partial charge is 0.355 e. The molecular weight excluding hydrogens is 582 g/mol. The van der Waals surface area contributed by atoms with Gasteiger partial charge in [-0.1, -0.05) is 102 Å². The van der Waals surface area contributed by atoms with Crippen molar-refractivity contribution in [3.8, 4) is 0 Å². The third-order valence-electron chi connectivity index (χ3n) is 7.10. The van der Waals surface area contributed by atoms with Crippen LogP contribution >= 0.6 is 11.6 Å². The quantitative estimate of drug-likeness (QED) is 0.214. The molecule has 224 valence electrons. The summed E-state index contributed by atoms with van der Waals surface area (Å²) >= 11 is 6.51. The van der Waals surface area contributed by atoms with Crippen LogP contribution in [0.1, 0.15) is 29.2 Å². The van der Waals surface area contributed by atoms with Gasteiger partial charge in [-0.25, -0.2) is 8.42 Å². The predicted octanol–water partition coefficient (Wildman–Crippen LogP) is 5.93. The number of anilines is 1. The van der Waals surface area contributed by atoms with Crippen molar-refractivity contribution >= 4 is 39.1 Å². The molecule has 0 aromatic heterocycles. The maximum atomic E-state index is 14.4. The number of nitrogens with zero attached hydrogens (tertiary/aromatic N) is 2. The van der Waals surface area contributed by atoms with Gasteiger partial charge < -0.3 is 10.2 Å². The Morgan fingerprint density at radius 1 is 0.791 bits per heavy atom. The fourth-order valence-electron chi connectivity index (χ4n) is 4.74. The second-order valence-corrected chi connectivity index (χ2v) is 12.7. The Labute approximate surface area is 259 Å². The third kappa shape index (κ3) is 8.03. The summed E-state index contributed by atoms with van der Waals surface area (Å²) in [5.74, 6) is -0.860. The molecule has 2 amide bonds. The van der Waals surface area contributed by atoms with Crippen LogP contribution in [0.4, 0.5) is 5.69 Å². The lowest BCUT2D eigenvalue weighted by Gasteiger charge is -2.34.